The molecule has 2 aliphatic heterocycles. The lowest BCUT2D eigenvalue weighted by Crippen LogP contribution is -2.49. The number of nitrogens with zero attached hydrogens (tertiary/aromatic N) is 3. The topological polar surface area (TPSA) is 71.4 Å². The Labute approximate surface area is 208 Å². The van der Waals surface area contributed by atoms with Crippen molar-refractivity contribution in [3.8, 4) is 16.9 Å². The summed E-state index contributed by atoms with van der Waals surface area (Å²) in [6, 6.07) is 17.0. The number of halogens is 1. The average molecular weight is 494 g/mol. The van der Waals surface area contributed by atoms with E-state index in [0.717, 1.165) is 28.2 Å². The van der Waals surface area contributed by atoms with E-state index in [4.69, 9.17) is 33.7 Å². The molecule has 2 aromatic carbocycles. The molecule has 0 unspecified atom stereocenters. The van der Waals surface area contributed by atoms with E-state index >= 15 is 0 Å². The number of hydrogen-bond donors (Lipinski definition) is 2. The first-order valence-corrected chi connectivity index (χ1v) is 11.9. The number of carbonyl (C=O) groups is 1. The molecule has 34 heavy (non-hydrogen) atoms. The average Bonchev–Trinajstić information content (AvgIpc) is 3.30. The molecule has 5 rings (SSSR count). The SMILES string of the molecule is CC1=C(C(=O)N2CCOCC2)[C@H](c2cn(-c3ccccc3)nc2-c2ccc(Cl)cc2)NC(=S)N1. The third kappa shape index (κ3) is 4.44. The van der Waals surface area contributed by atoms with Gasteiger partial charge in [0.15, 0.2) is 5.11 Å². The van der Waals surface area contributed by atoms with Gasteiger partial charge in [-0.25, -0.2) is 4.68 Å². The summed E-state index contributed by atoms with van der Waals surface area (Å²) in [7, 11) is 0. The maximum atomic E-state index is 13.7. The first kappa shape index (κ1) is 22.6. The molecule has 0 bridgehead atoms. The Bertz CT molecular complexity index is 1250. The van der Waals surface area contributed by atoms with E-state index in [1.165, 1.54) is 0 Å². The summed E-state index contributed by atoms with van der Waals surface area (Å²) < 4.78 is 7.28. The molecule has 1 atom stereocenters. The van der Waals surface area contributed by atoms with Crippen LogP contribution < -0.4 is 10.6 Å². The van der Waals surface area contributed by atoms with Crippen molar-refractivity contribution in [2.24, 2.45) is 0 Å². The van der Waals surface area contributed by atoms with Gasteiger partial charge in [0, 0.05) is 41.1 Å². The van der Waals surface area contributed by atoms with Crippen LogP contribution in [0.2, 0.25) is 5.02 Å². The molecular weight excluding hydrogens is 470 g/mol. The summed E-state index contributed by atoms with van der Waals surface area (Å²) in [4.78, 5) is 15.5. The second-order valence-electron chi connectivity index (χ2n) is 8.19. The summed E-state index contributed by atoms with van der Waals surface area (Å²) in [5, 5.41) is 12.5. The number of hydrogen-bond acceptors (Lipinski definition) is 4. The highest BCUT2D eigenvalue weighted by atomic mass is 35.5. The number of para-hydroxylation sites is 1. The zero-order valence-electron chi connectivity index (χ0n) is 18.6. The van der Waals surface area contributed by atoms with Crippen LogP contribution in [0.4, 0.5) is 0 Å². The number of morpholine rings is 1. The Morgan fingerprint density at radius 3 is 2.53 bits per heavy atom. The lowest BCUT2D eigenvalue weighted by atomic mass is 9.93. The molecular formula is C25H24ClN5O2S. The van der Waals surface area contributed by atoms with Gasteiger partial charge in [0.05, 0.1) is 36.2 Å². The molecule has 1 amide bonds. The molecule has 0 spiro atoms. The van der Waals surface area contributed by atoms with Gasteiger partial charge < -0.3 is 20.3 Å². The van der Waals surface area contributed by atoms with Crippen LogP contribution in [-0.4, -0.2) is 52.0 Å². The molecule has 0 aliphatic carbocycles. The van der Waals surface area contributed by atoms with E-state index < -0.39 is 6.04 Å². The number of rotatable bonds is 4. The van der Waals surface area contributed by atoms with Gasteiger partial charge in [-0.15, -0.1) is 0 Å². The molecule has 1 aromatic heterocycles. The zero-order valence-corrected chi connectivity index (χ0v) is 20.2. The number of carbonyl (C=O) groups excluding carboxylic acids is 1. The predicted molar refractivity (Wildman–Crippen MR) is 136 cm³/mol. The fourth-order valence-corrected chi connectivity index (χ4v) is 4.69. The third-order valence-electron chi connectivity index (χ3n) is 5.99. The standard InChI is InChI=1S/C25H24ClN5O2S/c1-16-21(24(32)30-11-13-33-14-12-30)23(28-25(34)27-16)20-15-31(19-5-3-2-4-6-19)29-22(20)17-7-9-18(26)10-8-17/h2-10,15,23H,11-14H2,1H3,(H2,27,28,34)/t23-/m0/s1. The highest BCUT2D eigenvalue weighted by Crippen LogP contribution is 2.35. The number of thiocarbonyl (C=S) groups is 1. The molecule has 7 nitrogen and oxygen atoms in total. The summed E-state index contributed by atoms with van der Waals surface area (Å²) in [5.74, 6) is -0.0391. The first-order valence-electron chi connectivity index (χ1n) is 11.1. The van der Waals surface area contributed by atoms with E-state index in [0.29, 0.717) is 42.0 Å². The smallest absolute Gasteiger partial charge is 0.254 e. The van der Waals surface area contributed by atoms with Crippen LogP contribution in [-0.2, 0) is 9.53 Å². The number of nitrogens with one attached hydrogen (secondary N) is 2. The molecule has 0 saturated carbocycles. The monoisotopic (exact) mass is 493 g/mol. The molecule has 0 radical (unpaired) electrons. The Morgan fingerprint density at radius 1 is 1.12 bits per heavy atom. The van der Waals surface area contributed by atoms with Gasteiger partial charge in [-0.2, -0.15) is 5.10 Å². The second kappa shape index (κ2) is 9.58. The van der Waals surface area contributed by atoms with Crippen molar-refractivity contribution < 1.29 is 9.53 Å². The van der Waals surface area contributed by atoms with Crippen LogP contribution in [0.5, 0.6) is 0 Å². The molecule has 3 heterocycles. The molecule has 9 heteroatoms. The largest absolute Gasteiger partial charge is 0.378 e. The van der Waals surface area contributed by atoms with Crippen molar-refractivity contribution in [3.05, 3.63) is 82.7 Å². The summed E-state index contributed by atoms with van der Waals surface area (Å²) in [6.07, 6.45) is 1.96. The minimum atomic E-state index is -0.466. The summed E-state index contributed by atoms with van der Waals surface area (Å²) in [6.45, 7) is 4.06. The van der Waals surface area contributed by atoms with Gasteiger partial charge in [0.2, 0.25) is 0 Å². The van der Waals surface area contributed by atoms with Crippen molar-refractivity contribution >= 4 is 34.8 Å². The van der Waals surface area contributed by atoms with Crippen molar-refractivity contribution in [3.63, 3.8) is 0 Å². The van der Waals surface area contributed by atoms with E-state index in [1.54, 1.807) is 0 Å². The quantitative estimate of drug-likeness (QED) is 0.538. The van der Waals surface area contributed by atoms with E-state index in [1.807, 2.05) is 77.3 Å². The van der Waals surface area contributed by atoms with Crippen molar-refractivity contribution in [1.29, 1.82) is 0 Å². The van der Waals surface area contributed by atoms with Crippen LogP contribution in [0.15, 0.2) is 72.1 Å². The maximum absolute atomic E-state index is 13.7. The van der Waals surface area contributed by atoms with Crippen LogP contribution in [0.3, 0.4) is 0 Å². The molecule has 1 saturated heterocycles. The fraction of sp³-hybridized carbons (Fsp3) is 0.240. The van der Waals surface area contributed by atoms with Gasteiger partial charge in [-0.3, -0.25) is 4.79 Å². The van der Waals surface area contributed by atoms with Crippen LogP contribution >= 0.6 is 23.8 Å². The van der Waals surface area contributed by atoms with Gasteiger partial charge in [-0.05, 0) is 43.4 Å². The Balaban J connectivity index is 1.64. The Hall–Kier alpha value is -3.20. The van der Waals surface area contributed by atoms with Crippen molar-refractivity contribution in [2.45, 2.75) is 13.0 Å². The second-order valence-corrected chi connectivity index (χ2v) is 9.04. The van der Waals surface area contributed by atoms with E-state index in [-0.39, 0.29) is 5.91 Å². The molecule has 2 N–H and O–H groups in total. The highest BCUT2D eigenvalue weighted by Gasteiger charge is 2.35. The van der Waals surface area contributed by atoms with E-state index in [9.17, 15) is 4.79 Å². The predicted octanol–water partition coefficient (Wildman–Crippen LogP) is 3.84. The maximum Gasteiger partial charge on any atom is 0.254 e. The van der Waals surface area contributed by atoms with Crippen molar-refractivity contribution in [2.75, 3.05) is 26.3 Å². The summed E-state index contributed by atoms with van der Waals surface area (Å²) in [5.41, 5.74) is 4.78. The number of aromatic nitrogens is 2. The van der Waals surface area contributed by atoms with Crippen LogP contribution in [0, 0.1) is 0 Å². The normalized spacial score (nSPS) is 18.5. The van der Waals surface area contributed by atoms with Gasteiger partial charge in [0.1, 0.15) is 0 Å². The Kier molecular flexibility index (Phi) is 6.36. The highest BCUT2D eigenvalue weighted by molar-refractivity contribution is 7.80. The molecule has 2 aliphatic rings. The number of benzene rings is 2. The lowest BCUT2D eigenvalue weighted by Gasteiger charge is -2.34. The van der Waals surface area contributed by atoms with Gasteiger partial charge in [0.25, 0.3) is 5.91 Å². The van der Waals surface area contributed by atoms with E-state index in [2.05, 4.69) is 10.6 Å². The number of amides is 1. The molecule has 1 fully saturated rings. The van der Waals surface area contributed by atoms with Gasteiger partial charge >= 0.3 is 0 Å². The van der Waals surface area contributed by atoms with Crippen molar-refractivity contribution in [1.82, 2.24) is 25.3 Å². The van der Waals surface area contributed by atoms with Crippen LogP contribution in [0.1, 0.15) is 18.5 Å². The molecule has 174 valence electrons. The lowest BCUT2D eigenvalue weighted by molar-refractivity contribution is -0.131. The minimum Gasteiger partial charge on any atom is -0.378 e. The third-order valence-corrected chi connectivity index (χ3v) is 6.46. The fourth-order valence-electron chi connectivity index (χ4n) is 4.29. The number of ether oxygens (including phenoxy) is 1. The Morgan fingerprint density at radius 2 is 1.82 bits per heavy atom. The van der Waals surface area contributed by atoms with Crippen LogP contribution in [0.25, 0.3) is 16.9 Å². The zero-order chi connectivity index (χ0) is 23.7. The molecule has 3 aromatic rings. The minimum absolute atomic E-state index is 0.0391. The summed E-state index contributed by atoms with van der Waals surface area (Å²) >= 11 is 11.6. The first-order chi connectivity index (χ1) is 16.5. The number of allylic oxidation sites excluding steroid dienone is 1. The van der Waals surface area contributed by atoms with Gasteiger partial charge in [-0.1, -0.05) is 41.9 Å².